The first-order valence-corrected chi connectivity index (χ1v) is 39.2. The first-order chi connectivity index (χ1) is 39.0. The average molecular weight is 1210 g/mol. The minimum Gasteiger partial charge on any atom is -0.458 e. The zero-order valence-corrected chi connectivity index (χ0v) is 55.4. The Morgan fingerprint density at radius 3 is 1.59 bits per heavy atom. The molecule has 2 aliphatic heterocycles. The van der Waals surface area contributed by atoms with Crippen LogP contribution in [-0.4, -0.2) is 120 Å². The second-order valence-corrected chi connectivity index (χ2v) is 43.8. The van der Waals surface area contributed by atoms with Gasteiger partial charge in [-0.05, 0) is 69.8 Å². The number of aliphatic hydroxyl groups excluding tert-OH is 1. The van der Waals surface area contributed by atoms with E-state index in [4.69, 9.17) is 40.3 Å². The van der Waals surface area contributed by atoms with Crippen molar-refractivity contribution < 1.29 is 37.4 Å². The van der Waals surface area contributed by atoms with Gasteiger partial charge in [-0.25, -0.2) is 9.97 Å². The summed E-state index contributed by atoms with van der Waals surface area (Å²) < 4.78 is 50.8. The Morgan fingerprint density at radius 2 is 1.12 bits per heavy atom. The molecular formula is C60H88FN11O7Si4. The number of esters is 1. The van der Waals surface area contributed by atoms with E-state index in [2.05, 4.69) is 198 Å². The van der Waals surface area contributed by atoms with Gasteiger partial charge in [0, 0.05) is 19.8 Å². The molecule has 23 heteroatoms. The molecule has 0 spiro atoms. The van der Waals surface area contributed by atoms with Gasteiger partial charge < -0.3 is 45.4 Å². The maximum atomic E-state index is 13.9. The molecule has 2 unspecified atom stereocenters. The summed E-state index contributed by atoms with van der Waals surface area (Å²) in [7, 11) is -8.82. The molecule has 6 aromatic rings. The van der Waals surface area contributed by atoms with Crippen molar-refractivity contribution in [1.82, 2.24) is 39.0 Å². The van der Waals surface area contributed by atoms with Crippen LogP contribution in [0.4, 0.5) is 22.0 Å². The molecule has 2 aromatic carbocycles. The van der Waals surface area contributed by atoms with E-state index in [0.29, 0.717) is 17.6 Å². The van der Waals surface area contributed by atoms with Crippen molar-refractivity contribution in [1.29, 1.82) is 0 Å². The molecule has 2 fully saturated rings. The zero-order chi connectivity index (χ0) is 61.0. The molecule has 2 aliphatic rings. The van der Waals surface area contributed by atoms with Crippen LogP contribution in [-0.2, 0) is 27.9 Å². The number of imidazole rings is 2. The van der Waals surface area contributed by atoms with Crippen LogP contribution in [0.5, 0.6) is 0 Å². The molecule has 0 bridgehead atoms. The Morgan fingerprint density at radius 1 is 0.675 bits per heavy atom. The standard InChI is InChI=1S/C36H48N6O4Si2.C24H40FN5O3Si2/c1-8-47(9-2,10-3)22-21-36(24-44-48(35(5,6)7,27-17-13-11-14-18-27)28-19-15-12-16-20-28)23-29(45-26(4)43)33(46-36)42-25-39-30-31(37)40-34(38)41-32(30)42;1-9-35(10-2,11-3)13-12-24(15-32-34(7,8)23(4,5)6)14-17(31)21(33-24)30-16-27-18-19(26)28-22(25)29-20(18)30/h11-20,25,29,33H,8-10,23-24H2,1-7H3,(H4,37,38,40,41);16-17,21,31H,9-11,14-15H2,1-8H3,(H2,26,28,29)/t29?,33-,36+;17?,21-,24+/m11/s1. The molecule has 448 valence electrons. The maximum absolute atomic E-state index is 13.9. The number of hydrogen-bond donors (Lipinski definition) is 4. The highest BCUT2D eigenvalue weighted by Crippen LogP contribution is 2.45. The van der Waals surface area contributed by atoms with E-state index in [9.17, 15) is 14.3 Å². The van der Waals surface area contributed by atoms with Crippen molar-refractivity contribution in [3.63, 3.8) is 0 Å². The van der Waals surface area contributed by atoms with Gasteiger partial charge in [0.25, 0.3) is 8.32 Å². The lowest BCUT2D eigenvalue weighted by atomic mass is 10.0. The molecule has 0 amide bonds. The number of benzene rings is 2. The number of nitrogens with two attached hydrogens (primary N) is 3. The fraction of sp³-hybridized carbons (Fsp3) is 0.550. The van der Waals surface area contributed by atoms with Crippen molar-refractivity contribution in [2.24, 2.45) is 0 Å². The van der Waals surface area contributed by atoms with Crippen LogP contribution < -0.4 is 27.6 Å². The monoisotopic (exact) mass is 1210 g/mol. The minimum absolute atomic E-state index is 0.00877. The van der Waals surface area contributed by atoms with Gasteiger partial charge in [0.2, 0.25) is 5.95 Å². The molecule has 0 saturated carbocycles. The predicted octanol–water partition coefficient (Wildman–Crippen LogP) is 9.85. The normalized spacial score (nSPS) is 21.5. The Bertz CT molecular complexity index is 3290. The van der Waals surface area contributed by atoms with E-state index in [1.165, 1.54) is 17.8 Å². The lowest BCUT2D eigenvalue weighted by molar-refractivity contribution is -0.153. The first kappa shape index (κ1) is 64.7. The third-order valence-corrected chi connectivity index (χ3v) is 36.6. The maximum Gasteiger partial charge on any atom is 0.312 e. The summed E-state index contributed by atoms with van der Waals surface area (Å²) in [6.07, 6.45) is -0.668. The topological polar surface area (TPSA) is 249 Å². The summed E-state index contributed by atoms with van der Waals surface area (Å²) in [4.78, 5) is 37.2. The van der Waals surface area contributed by atoms with Crippen LogP contribution in [0.25, 0.3) is 22.3 Å². The van der Waals surface area contributed by atoms with Crippen molar-refractivity contribution in [2.45, 2.75) is 198 Å². The van der Waals surface area contributed by atoms with E-state index < -0.39 is 80.7 Å². The number of nitrogen functional groups attached to an aromatic ring is 3. The van der Waals surface area contributed by atoms with Crippen molar-refractivity contribution in [3.8, 4) is 22.9 Å². The average Bonchev–Trinajstić information content (AvgIpc) is 3.84. The predicted molar refractivity (Wildman–Crippen MR) is 337 cm³/mol. The van der Waals surface area contributed by atoms with E-state index >= 15 is 0 Å². The van der Waals surface area contributed by atoms with Crippen LogP contribution in [0, 0.1) is 29.0 Å². The number of carbonyl (C=O) groups excluding carboxylic acids is 1. The van der Waals surface area contributed by atoms with Gasteiger partial charge in [-0.3, -0.25) is 13.9 Å². The smallest absolute Gasteiger partial charge is 0.312 e. The quantitative estimate of drug-likeness (QED) is 0.0287. The van der Waals surface area contributed by atoms with Crippen molar-refractivity contribution in [3.05, 3.63) is 79.4 Å². The zero-order valence-electron chi connectivity index (χ0n) is 51.4. The SMILES string of the molecule is CC[Si](C#C[C@@]1(CO[Si](C)(C)C(C)(C)C)CC(O)[C@H](n2cnc3c(N)nc(F)nc32)O1)(CC)CC.CC[Si](C#C[C@@]1(CO[Si](c2ccccc2)(c2ccccc2)C(C)(C)C)CC(OC(C)=O)[C@H](n2cnc3c(N)nc(N)nc32)O1)(CC)CC. The number of rotatable bonds is 17. The number of anilines is 3. The van der Waals surface area contributed by atoms with Crippen LogP contribution >= 0.6 is 0 Å². The molecule has 2 saturated heterocycles. The van der Waals surface area contributed by atoms with Crippen molar-refractivity contribution >= 4 is 89.0 Å². The van der Waals surface area contributed by atoms with Gasteiger partial charge in [-0.1, -0.05) is 156 Å². The number of halogens is 1. The number of ether oxygens (including phenoxy) is 3. The third kappa shape index (κ3) is 13.5. The van der Waals surface area contributed by atoms with Crippen LogP contribution in [0.15, 0.2) is 73.3 Å². The summed E-state index contributed by atoms with van der Waals surface area (Å²) in [6.45, 7) is 32.8. The second kappa shape index (κ2) is 25.4. The molecule has 83 heavy (non-hydrogen) atoms. The third-order valence-electron chi connectivity index (χ3n) is 17.7. The highest BCUT2D eigenvalue weighted by Gasteiger charge is 2.56. The fourth-order valence-corrected chi connectivity index (χ4v) is 21.7. The molecule has 4 aromatic heterocycles. The van der Waals surface area contributed by atoms with Gasteiger partial charge in [0.1, 0.15) is 27.8 Å². The van der Waals surface area contributed by atoms with E-state index in [1.807, 2.05) is 12.1 Å². The van der Waals surface area contributed by atoms with Crippen molar-refractivity contribution in [2.75, 3.05) is 30.4 Å². The van der Waals surface area contributed by atoms with Crippen LogP contribution in [0.2, 0.25) is 59.4 Å². The number of fused-ring (bicyclic) bond motifs is 2. The second-order valence-electron chi connectivity index (χ2n) is 24.8. The van der Waals surface area contributed by atoms with E-state index in [1.54, 1.807) is 10.9 Å². The molecule has 18 nitrogen and oxygen atoms in total. The van der Waals surface area contributed by atoms with E-state index in [0.717, 1.165) is 46.6 Å². The number of hydrogen-bond acceptors (Lipinski definition) is 16. The molecule has 6 atom stereocenters. The Labute approximate surface area is 493 Å². The lowest BCUT2D eigenvalue weighted by Crippen LogP contribution is -2.67. The number of carbonyl (C=O) groups is 1. The van der Waals surface area contributed by atoms with Gasteiger partial charge >= 0.3 is 12.0 Å². The summed E-state index contributed by atoms with van der Waals surface area (Å²) in [5.41, 5.74) is 24.5. The molecule has 0 radical (unpaired) electrons. The highest BCUT2D eigenvalue weighted by atomic mass is 28.4. The molecular weight excluding hydrogens is 1120 g/mol. The summed E-state index contributed by atoms with van der Waals surface area (Å²) >= 11 is 0. The van der Waals surface area contributed by atoms with Gasteiger partial charge in [0.05, 0.1) is 25.9 Å². The molecule has 8 rings (SSSR count). The largest absolute Gasteiger partial charge is 0.458 e. The van der Waals surface area contributed by atoms with Gasteiger partial charge in [0.15, 0.2) is 66.5 Å². The molecule has 7 N–H and O–H groups in total. The number of nitrogens with zero attached hydrogens (tertiary/aromatic N) is 8. The van der Waals surface area contributed by atoms with Crippen LogP contribution in [0.3, 0.4) is 0 Å². The molecule has 0 aliphatic carbocycles. The number of aromatic nitrogens is 8. The van der Waals surface area contributed by atoms with E-state index in [-0.39, 0.29) is 58.5 Å². The molecule has 6 heterocycles. The fourth-order valence-electron chi connectivity index (χ4n) is 11.0. The Balaban J connectivity index is 0.000000251. The summed E-state index contributed by atoms with van der Waals surface area (Å²) in [5.74, 6) is 6.81. The Hall–Kier alpha value is -5.87. The number of aliphatic hydroxyl groups is 1. The first-order valence-electron chi connectivity index (χ1n) is 29.1. The minimum atomic E-state index is -2.98. The van der Waals surface area contributed by atoms with Gasteiger partial charge in [-0.2, -0.15) is 24.3 Å². The Kier molecular flexibility index (Phi) is 19.8. The summed E-state index contributed by atoms with van der Waals surface area (Å²) in [6, 6.07) is 27.2. The van der Waals surface area contributed by atoms with Crippen LogP contribution in [0.1, 0.15) is 115 Å². The van der Waals surface area contributed by atoms with Gasteiger partial charge in [-0.15, -0.1) is 11.1 Å². The highest BCUT2D eigenvalue weighted by molar-refractivity contribution is 6.99. The summed E-state index contributed by atoms with van der Waals surface area (Å²) in [5, 5.41) is 13.2. The lowest BCUT2D eigenvalue weighted by Gasteiger charge is -2.44.